The molecule has 2 aromatic rings. The molecule has 27 heavy (non-hydrogen) atoms. The number of carbonyl (C=O) groups is 1. The molecular formula is C18H25N7O2. The van der Waals surface area contributed by atoms with Crippen LogP contribution in [0.25, 0.3) is 0 Å². The number of amides is 1. The molecule has 0 unspecified atom stereocenters. The maximum absolute atomic E-state index is 12.3. The Labute approximate surface area is 159 Å². The fraction of sp³-hybridized carbons (Fsp3) is 0.500. The van der Waals surface area contributed by atoms with Crippen LogP contribution < -0.4 is 14.5 Å². The summed E-state index contributed by atoms with van der Waals surface area (Å²) in [5.41, 5.74) is 0. The van der Waals surface area contributed by atoms with Gasteiger partial charge in [-0.2, -0.15) is 0 Å². The minimum Gasteiger partial charge on any atom is -0.453 e. The first kappa shape index (κ1) is 18.8. The summed E-state index contributed by atoms with van der Waals surface area (Å²) in [6.45, 7) is 8.63. The smallest absolute Gasteiger partial charge is 0.316 e. The maximum Gasteiger partial charge on any atom is 0.316 e. The zero-order valence-corrected chi connectivity index (χ0v) is 15.8. The number of aromatic nitrogens is 4. The topological polar surface area (TPSA) is 87.6 Å². The van der Waals surface area contributed by atoms with Crippen molar-refractivity contribution in [2.45, 2.75) is 13.8 Å². The Morgan fingerprint density at radius 1 is 1.07 bits per heavy atom. The van der Waals surface area contributed by atoms with E-state index in [2.05, 4.69) is 43.8 Å². The molecule has 3 heterocycles. The summed E-state index contributed by atoms with van der Waals surface area (Å²) in [6, 6.07) is 5.91. The molecule has 0 N–H and O–H groups in total. The Balaban J connectivity index is 1.49. The fourth-order valence-corrected chi connectivity index (χ4v) is 2.97. The third-order valence-electron chi connectivity index (χ3n) is 4.55. The van der Waals surface area contributed by atoms with Gasteiger partial charge in [0.15, 0.2) is 18.2 Å². The Morgan fingerprint density at radius 3 is 2.37 bits per heavy atom. The minimum absolute atomic E-state index is 0.0532. The Hall–Kier alpha value is -2.97. The van der Waals surface area contributed by atoms with Gasteiger partial charge < -0.3 is 19.4 Å². The molecule has 0 atom stereocenters. The van der Waals surface area contributed by atoms with E-state index < -0.39 is 0 Å². The summed E-state index contributed by atoms with van der Waals surface area (Å²) in [6.07, 6.45) is 3.16. The lowest BCUT2D eigenvalue weighted by molar-refractivity contribution is -0.133. The third-order valence-corrected chi connectivity index (χ3v) is 4.55. The van der Waals surface area contributed by atoms with Gasteiger partial charge in [0.25, 0.3) is 5.91 Å². The average Bonchev–Trinajstić information content (AvgIpc) is 2.74. The first-order chi connectivity index (χ1) is 13.2. The van der Waals surface area contributed by atoms with Crippen molar-refractivity contribution in [1.29, 1.82) is 0 Å². The van der Waals surface area contributed by atoms with E-state index in [4.69, 9.17) is 4.74 Å². The van der Waals surface area contributed by atoms with E-state index in [1.807, 2.05) is 12.1 Å². The summed E-state index contributed by atoms with van der Waals surface area (Å²) in [5.74, 6) is 1.66. The Morgan fingerprint density at radius 2 is 1.78 bits per heavy atom. The van der Waals surface area contributed by atoms with Gasteiger partial charge in [0.05, 0.1) is 0 Å². The van der Waals surface area contributed by atoms with E-state index in [0.29, 0.717) is 26.2 Å². The van der Waals surface area contributed by atoms with Crippen molar-refractivity contribution >= 4 is 17.5 Å². The van der Waals surface area contributed by atoms with E-state index in [1.165, 1.54) is 0 Å². The Kier molecular flexibility index (Phi) is 6.35. The first-order valence-electron chi connectivity index (χ1n) is 9.22. The van der Waals surface area contributed by atoms with E-state index in [1.54, 1.807) is 23.4 Å². The molecule has 2 aromatic heterocycles. The summed E-state index contributed by atoms with van der Waals surface area (Å²) < 4.78 is 5.34. The summed E-state index contributed by atoms with van der Waals surface area (Å²) in [5, 5.41) is 8.69. The third kappa shape index (κ3) is 4.81. The number of hydrogen-bond acceptors (Lipinski definition) is 8. The first-order valence-corrected chi connectivity index (χ1v) is 9.22. The van der Waals surface area contributed by atoms with E-state index in [-0.39, 0.29) is 18.5 Å². The quantitative estimate of drug-likeness (QED) is 0.708. The highest BCUT2D eigenvalue weighted by molar-refractivity contribution is 5.78. The van der Waals surface area contributed by atoms with Gasteiger partial charge in [-0.15, -0.1) is 10.2 Å². The van der Waals surface area contributed by atoms with Crippen molar-refractivity contribution < 1.29 is 9.53 Å². The molecule has 0 radical (unpaired) electrons. The predicted molar refractivity (Wildman–Crippen MR) is 102 cm³/mol. The molecule has 1 aliphatic rings. The number of rotatable bonds is 7. The molecule has 144 valence electrons. The van der Waals surface area contributed by atoms with Crippen LogP contribution in [-0.2, 0) is 4.79 Å². The molecular weight excluding hydrogens is 346 g/mol. The zero-order valence-electron chi connectivity index (χ0n) is 15.8. The van der Waals surface area contributed by atoms with Crippen molar-refractivity contribution in [3.63, 3.8) is 0 Å². The molecule has 0 spiro atoms. The molecule has 3 rings (SSSR count). The molecule has 9 nitrogen and oxygen atoms in total. The van der Waals surface area contributed by atoms with Gasteiger partial charge in [0.2, 0.25) is 0 Å². The molecule has 1 fully saturated rings. The van der Waals surface area contributed by atoms with E-state index in [9.17, 15) is 4.79 Å². The molecule has 0 bridgehead atoms. The number of carbonyl (C=O) groups excluding carboxylic acids is 1. The number of piperazine rings is 1. The van der Waals surface area contributed by atoms with E-state index >= 15 is 0 Å². The number of ether oxygens (including phenoxy) is 1. The van der Waals surface area contributed by atoms with E-state index in [0.717, 1.165) is 24.7 Å². The van der Waals surface area contributed by atoms with Gasteiger partial charge in [-0.05, 0) is 32.0 Å². The highest BCUT2D eigenvalue weighted by Crippen LogP contribution is 2.16. The molecule has 0 saturated carbocycles. The van der Waals surface area contributed by atoms with Crippen LogP contribution in [0.4, 0.5) is 11.6 Å². The second-order valence-electron chi connectivity index (χ2n) is 6.11. The van der Waals surface area contributed by atoms with Gasteiger partial charge >= 0.3 is 6.01 Å². The maximum atomic E-state index is 12.3. The second kappa shape index (κ2) is 9.11. The van der Waals surface area contributed by atoms with Gasteiger partial charge in [0, 0.05) is 51.7 Å². The van der Waals surface area contributed by atoms with Crippen LogP contribution in [0.3, 0.4) is 0 Å². The SMILES string of the molecule is CCN(CC)c1ccc(N2CCN(C(=O)COc3ncccn3)CC2)nn1. The number of hydrogen-bond donors (Lipinski definition) is 0. The van der Waals surface area contributed by atoms with Gasteiger partial charge in [0.1, 0.15) is 0 Å². The van der Waals surface area contributed by atoms with Crippen LogP contribution in [0.15, 0.2) is 30.6 Å². The monoisotopic (exact) mass is 371 g/mol. The van der Waals surface area contributed by atoms with Gasteiger partial charge in [-0.1, -0.05) is 0 Å². The lowest BCUT2D eigenvalue weighted by Crippen LogP contribution is -2.50. The van der Waals surface area contributed by atoms with Crippen LogP contribution in [0, 0.1) is 0 Å². The van der Waals surface area contributed by atoms with Crippen molar-refractivity contribution in [2.24, 2.45) is 0 Å². The summed E-state index contributed by atoms with van der Waals surface area (Å²) in [7, 11) is 0. The molecule has 9 heteroatoms. The second-order valence-corrected chi connectivity index (χ2v) is 6.11. The van der Waals surface area contributed by atoms with Gasteiger partial charge in [-0.25, -0.2) is 9.97 Å². The van der Waals surface area contributed by atoms with Crippen LogP contribution in [0.1, 0.15) is 13.8 Å². The largest absolute Gasteiger partial charge is 0.453 e. The van der Waals surface area contributed by atoms with Crippen molar-refractivity contribution in [3.8, 4) is 6.01 Å². The lowest BCUT2D eigenvalue weighted by Gasteiger charge is -2.35. The minimum atomic E-state index is -0.0648. The van der Waals surface area contributed by atoms with Crippen LogP contribution in [0.2, 0.25) is 0 Å². The van der Waals surface area contributed by atoms with Crippen LogP contribution in [-0.4, -0.2) is 76.8 Å². The summed E-state index contributed by atoms with van der Waals surface area (Å²) >= 11 is 0. The van der Waals surface area contributed by atoms with Crippen molar-refractivity contribution in [1.82, 2.24) is 25.1 Å². The van der Waals surface area contributed by atoms with Crippen LogP contribution >= 0.6 is 0 Å². The standard InChI is InChI=1S/C18H25N7O2/c1-3-23(4-2)15-6-7-16(22-21-15)24-10-12-25(13-11-24)17(26)14-27-18-19-8-5-9-20-18/h5-9H,3-4,10-14H2,1-2H3. The van der Waals surface area contributed by atoms with Gasteiger partial charge in [-0.3, -0.25) is 4.79 Å². The number of nitrogens with zero attached hydrogens (tertiary/aromatic N) is 7. The normalized spacial score (nSPS) is 14.1. The molecule has 0 aliphatic carbocycles. The average molecular weight is 371 g/mol. The number of anilines is 2. The molecule has 1 amide bonds. The van der Waals surface area contributed by atoms with Crippen LogP contribution in [0.5, 0.6) is 6.01 Å². The predicted octanol–water partition coefficient (Wildman–Crippen LogP) is 0.840. The molecule has 1 aliphatic heterocycles. The van der Waals surface area contributed by atoms with Crippen molar-refractivity contribution in [3.05, 3.63) is 30.6 Å². The zero-order chi connectivity index (χ0) is 19.1. The molecule has 0 aromatic carbocycles. The molecule has 1 saturated heterocycles. The highest BCUT2D eigenvalue weighted by atomic mass is 16.5. The fourth-order valence-electron chi connectivity index (χ4n) is 2.97. The Bertz CT molecular complexity index is 714. The lowest BCUT2D eigenvalue weighted by atomic mass is 10.3. The van der Waals surface area contributed by atoms with Crippen molar-refractivity contribution in [2.75, 3.05) is 55.7 Å². The summed E-state index contributed by atoms with van der Waals surface area (Å²) in [4.78, 5) is 26.3. The highest BCUT2D eigenvalue weighted by Gasteiger charge is 2.22.